The van der Waals surface area contributed by atoms with Gasteiger partial charge in [0.25, 0.3) is 5.91 Å². The van der Waals surface area contributed by atoms with E-state index in [2.05, 4.69) is 29.5 Å². The SMILES string of the molecule is CCOc1cccc(C(=O)NC(=S)Nc2ccc(-c3nc4cc(C)c(C)cc4o3)cc2)c1. The number of hydrogen-bond acceptors (Lipinski definition) is 5. The molecule has 1 aromatic heterocycles. The third-order valence-corrected chi connectivity index (χ3v) is 5.23. The van der Waals surface area contributed by atoms with Crippen LogP contribution in [0.2, 0.25) is 0 Å². The maximum absolute atomic E-state index is 12.5. The Hall–Kier alpha value is -3.71. The van der Waals surface area contributed by atoms with Gasteiger partial charge in [0.05, 0.1) is 6.61 Å². The third kappa shape index (κ3) is 4.78. The Morgan fingerprint density at radius 3 is 2.56 bits per heavy atom. The van der Waals surface area contributed by atoms with Crippen LogP contribution in [0.5, 0.6) is 5.75 Å². The number of hydrogen-bond donors (Lipinski definition) is 2. The minimum Gasteiger partial charge on any atom is -0.494 e. The van der Waals surface area contributed by atoms with Crippen molar-refractivity contribution in [1.29, 1.82) is 0 Å². The van der Waals surface area contributed by atoms with Crippen molar-refractivity contribution in [3.63, 3.8) is 0 Å². The second-order valence-corrected chi connectivity index (χ2v) is 7.78. The molecule has 4 aromatic rings. The molecular formula is C25H23N3O3S. The van der Waals surface area contributed by atoms with E-state index in [0.29, 0.717) is 23.8 Å². The van der Waals surface area contributed by atoms with Crippen molar-refractivity contribution >= 4 is 40.0 Å². The van der Waals surface area contributed by atoms with Crippen LogP contribution < -0.4 is 15.4 Å². The highest BCUT2D eigenvalue weighted by molar-refractivity contribution is 7.80. The highest BCUT2D eigenvalue weighted by atomic mass is 32.1. The molecule has 0 aliphatic carbocycles. The van der Waals surface area contributed by atoms with Gasteiger partial charge < -0.3 is 14.5 Å². The highest BCUT2D eigenvalue weighted by Gasteiger charge is 2.11. The monoisotopic (exact) mass is 445 g/mol. The number of benzene rings is 3. The summed E-state index contributed by atoms with van der Waals surface area (Å²) in [7, 11) is 0. The number of carbonyl (C=O) groups is 1. The molecule has 0 fully saturated rings. The smallest absolute Gasteiger partial charge is 0.257 e. The Morgan fingerprint density at radius 2 is 1.81 bits per heavy atom. The van der Waals surface area contributed by atoms with Crippen molar-refractivity contribution < 1.29 is 13.9 Å². The van der Waals surface area contributed by atoms with Crippen LogP contribution in [0.3, 0.4) is 0 Å². The van der Waals surface area contributed by atoms with Gasteiger partial charge in [0.1, 0.15) is 11.3 Å². The summed E-state index contributed by atoms with van der Waals surface area (Å²) in [6.45, 7) is 6.53. The van der Waals surface area contributed by atoms with Crippen LogP contribution in [0.15, 0.2) is 65.1 Å². The number of rotatable bonds is 5. The molecule has 4 rings (SSSR count). The minimum atomic E-state index is -0.308. The zero-order chi connectivity index (χ0) is 22.7. The first kappa shape index (κ1) is 21.5. The Morgan fingerprint density at radius 1 is 1.06 bits per heavy atom. The first-order valence-electron chi connectivity index (χ1n) is 10.3. The van der Waals surface area contributed by atoms with Crippen LogP contribution in [0, 0.1) is 13.8 Å². The first-order chi connectivity index (χ1) is 15.4. The molecule has 32 heavy (non-hydrogen) atoms. The second-order valence-electron chi connectivity index (χ2n) is 7.37. The van der Waals surface area contributed by atoms with Crippen molar-refractivity contribution in [3.8, 4) is 17.2 Å². The van der Waals surface area contributed by atoms with E-state index in [9.17, 15) is 4.79 Å². The zero-order valence-electron chi connectivity index (χ0n) is 18.1. The molecule has 3 aromatic carbocycles. The molecule has 0 aliphatic rings. The fourth-order valence-corrected chi connectivity index (χ4v) is 3.44. The lowest BCUT2D eigenvalue weighted by molar-refractivity contribution is 0.0977. The molecule has 0 atom stereocenters. The Bertz CT molecular complexity index is 1260. The van der Waals surface area contributed by atoms with E-state index >= 15 is 0 Å². The van der Waals surface area contributed by atoms with Crippen molar-refractivity contribution in [2.75, 3.05) is 11.9 Å². The molecule has 7 heteroatoms. The van der Waals surface area contributed by atoms with Gasteiger partial charge in [0.2, 0.25) is 5.89 Å². The third-order valence-electron chi connectivity index (χ3n) is 5.03. The Kier molecular flexibility index (Phi) is 6.18. The molecule has 0 saturated carbocycles. The van der Waals surface area contributed by atoms with E-state index in [0.717, 1.165) is 22.4 Å². The molecule has 1 amide bonds. The van der Waals surface area contributed by atoms with Gasteiger partial charge >= 0.3 is 0 Å². The number of nitrogens with one attached hydrogen (secondary N) is 2. The summed E-state index contributed by atoms with van der Waals surface area (Å²) in [6, 6.07) is 18.5. The van der Waals surface area contributed by atoms with Gasteiger partial charge in [-0.1, -0.05) is 6.07 Å². The molecule has 6 nitrogen and oxygen atoms in total. The fourth-order valence-electron chi connectivity index (χ4n) is 3.23. The summed E-state index contributed by atoms with van der Waals surface area (Å²) in [5.74, 6) is 0.887. The largest absolute Gasteiger partial charge is 0.494 e. The first-order valence-corrected chi connectivity index (χ1v) is 10.7. The predicted octanol–water partition coefficient (Wildman–Crippen LogP) is 5.64. The summed E-state index contributed by atoms with van der Waals surface area (Å²) in [6.07, 6.45) is 0. The van der Waals surface area contributed by atoms with Crippen LogP contribution in [0.25, 0.3) is 22.6 Å². The standard InChI is InChI=1S/C25H23N3O3S/c1-4-30-20-7-5-6-18(14-20)23(29)28-25(32)26-19-10-8-17(9-11-19)24-27-21-12-15(2)16(3)13-22(21)31-24/h5-14H,4H2,1-3H3,(H2,26,28,29,32). The van der Waals surface area contributed by atoms with Gasteiger partial charge in [-0.05, 0) is 98.7 Å². The van der Waals surface area contributed by atoms with Crippen molar-refractivity contribution in [3.05, 3.63) is 77.4 Å². The zero-order valence-corrected chi connectivity index (χ0v) is 18.9. The molecular weight excluding hydrogens is 422 g/mol. The molecule has 0 spiro atoms. The van der Waals surface area contributed by atoms with Gasteiger partial charge in [-0.15, -0.1) is 0 Å². The average molecular weight is 446 g/mol. The number of fused-ring (bicyclic) bond motifs is 1. The minimum absolute atomic E-state index is 0.206. The number of aryl methyl sites for hydroxylation is 2. The molecule has 0 bridgehead atoms. The molecule has 0 saturated heterocycles. The van der Waals surface area contributed by atoms with Gasteiger partial charge in [0.15, 0.2) is 10.7 Å². The van der Waals surface area contributed by atoms with E-state index in [1.807, 2.05) is 43.3 Å². The van der Waals surface area contributed by atoms with E-state index in [4.69, 9.17) is 21.4 Å². The number of carbonyl (C=O) groups excluding carboxylic acids is 1. The lowest BCUT2D eigenvalue weighted by atomic mass is 10.1. The van der Waals surface area contributed by atoms with E-state index in [1.165, 1.54) is 11.1 Å². The van der Waals surface area contributed by atoms with Crippen LogP contribution in [0.4, 0.5) is 5.69 Å². The molecule has 0 radical (unpaired) electrons. The van der Waals surface area contributed by atoms with Gasteiger partial charge in [-0.25, -0.2) is 4.98 Å². The van der Waals surface area contributed by atoms with Crippen LogP contribution in [0.1, 0.15) is 28.4 Å². The number of aromatic nitrogens is 1. The number of ether oxygens (including phenoxy) is 1. The van der Waals surface area contributed by atoms with Crippen molar-refractivity contribution in [2.24, 2.45) is 0 Å². The van der Waals surface area contributed by atoms with Crippen molar-refractivity contribution in [1.82, 2.24) is 10.3 Å². The summed E-state index contributed by atoms with van der Waals surface area (Å²) in [5.41, 5.74) is 6.01. The lowest BCUT2D eigenvalue weighted by Gasteiger charge is -2.10. The Balaban J connectivity index is 1.42. The highest BCUT2D eigenvalue weighted by Crippen LogP contribution is 2.27. The number of anilines is 1. The molecule has 0 unspecified atom stereocenters. The van der Waals surface area contributed by atoms with Crippen LogP contribution in [-0.2, 0) is 0 Å². The summed E-state index contributed by atoms with van der Waals surface area (Å²) in [5, 5.41) is 5.91. The number of amides is 1. The van der Waals surface area contributed by atoms with Crippen molar-refractivity contribution in [2.45, 2.75) is 20.8 Å². The lowest BCUT2D eigenvalue weighted by Crippen LogP contribution is -2.34. The normalized spacial score (nSPS) is 10.7. The molecule has 1 heterocycles. The average Bonchev–Trinajstić information content (AvgIpc) is 3.17. The summed E-state index contributed by atoms with van der Waals surface area (Å²) in [4.78, 5) is 17.0. The van der Waals surface area contributed by atoms with Gasteiger partial charge in [0, 0.05) is 16.8 Å². The fraction of sp³-hybridized carbons (Fsp3) is 0.160. The number of nitrogens with zero attached hydrogens (tertiary/aromatic N) is 1. The van der Waals surface area contributed by atoms with Crippen LogP contribution in [-0.4, -0.2) is 22.6 Å². The van der Waals surface area contributed by atoms with E-state index in [-0.39, 0.29) is 11.0 Å². The quantitative estimate of drug-likeness (QED) is 0.387. The Labute approximate surface area is 191 Å². The molecule has 0 aliphatic heterocycles. The summed E-state index contributed by atoms with van der Waals surface area (Å²) >= 11 is 5.29. The van der Waals surface area contributed by atoms with Crippen LogP contribution >= 0.6 is 12.2 Å². The maximum atomic E-state index is 12.5. The predicted molar refractivity (Wildman–Crippen MR) is 130 cm³/mol. The van der Waals surface area contributed by atoms with E-state index in [1.54, 1.807) is 24.3 Å². The molecule has 162 valence electrons. The second kappa shape index (κ2) is 9.20. The topological polar surface area (TPSA) is 76.4 Å². The van der Waals surface area contributed by atoms with Gasteiger partial charge in [-0.3, -0.25) is 10.1 Å². The van der Waals surface area contributed by atoms with E-state index < -0.39 is 0 Å². The summed E-state index contributed by atoms with van der Waals surface area (Å²) < 4.78 is 11.3. The molecule has 2 N–H and O–H groups in total. The maximum Gasteiger partial charge on any atom is 0.257 e. The number of thiocarbonyl (C=S) groups is 1. The number of oxazole rings is 1. The van der Waals surface area contributed by atoms with Gasteiger partial charge in [-0.2, -0.15) is 0 Å².